The maximum absolute atomic E-state index is 12.7. The molecule has 2 N–H and O–H groups in total. The van der Waals surface area contributed by atoms with Crippen molar-refractivity contribution >= 4 is 17.7 Å². The van der Waals surface area contributed by atoms with E-state index in [-0.39, 0.29) is 5.02 Å². The van der Waals surface area contributed by atoms with Crippen LogP contribution in [0.4, 0.5) is 4.39 Å². The molecule has 0 atom stereocenters. The predicted octanol–water partition coefficient (Wildman–Crippen LogP) is 2.41. The third-order valence-electron chi connectivity index (χ3n) is 1.23. The Hall–Kier alpha value is -1.02. The molecule has 58 valence electrons. The molecule has 0 aliphatic heterocycles. The lowest BCUT2D eigenvalue weighted by Gasteiger charge is -1.94. The highest BCUT2D eigenvalue weighted by Crippen LogP contribution is 2.15. The summed E-state index contributed by atoms with van der Waals surface area (Å²) in [7, 11) is 0. The molecular weight excluding hydrogens is 165 g/mol. The highest BCUT2D eigenvalue weighted by molar-refractivity contribution is 6.30. The fraction of sp³-hybridized carbons (Fsp3) is 0. The Labute approximate surface area is 69.3 Å². The second-order valence-electron chi connectivity index (χ2n) is 2.03. The molecule has 11 heavy (non-hydrogen) atoms. The van der Waals surface area contributed by atoms with E-state index < -0.39 is 5.82 Å². The number of benzene rings is 1. The summed E-state index contributed by atoms with van der Waals surface area (Å²) in [6, 6.07) is 4.51. The SMILES string of the molecule is N/C=C/c1ccc(Cl)c(F)c1. The molecule has 0 aromatic heterocycles. The van der Waals surface area contributed by atoms with Gasteiger partial charge in [0.15, 0.2) is 0 Å². The molecule has 1 rings (SSSR count). The molecule has 1 aromatic carbocycles. The number of rotatable bonds is 1. The Morgan fingerprint density at radius 3 is 2.73 bits per heavy atom. The zero-order valence-corrected chi connectivity index (χ0v) is 6.48. The van der Waals surface area contributed by atoms with Gasteiger partial charge in [-0.2, -0.15) is 0 Å². The Bertz CT molecular complexity index is 283. The van der Waals surface area contributed by atoms with Crippen LogP contribution in [-0.2, 0) is 0 Å². The highest BCUT2D eigenvalue weighted by atomic mass is 35.5. The third kappa shape index (κ3) is 1.95. The minimum absolute atomic E-state index is 0.124. The minimum Gasteiger partial charge on any atom is -0.405 e. The summed E-state index contributed by atoms with van der Waals surface area (Å²) in [5.41, 5.74) is 5.82. The average Bonchev–Trinajstić information content (AvgIpc) is 1.98. The molecular formula is C8H7ClFN. The van der Waals surface area contributed by atoms with Crippen LogP contribution in [0.2, 0.25) is 5.02 Å². The topological polar surface area (TPSA) is 26.0 Å². The van der Waals surface area contributed by atoms with Gasteiger partial charge in [0, 0.05) is 0 Å². The Morgan fingerprint density at radius 2 is 2.18 bits per heavy atom. The van der Waals surface area contributed by atoms with Gasteiger partial charge in [-0.1, -0.05) is 17.7 Å². The fourth-order valence-corrected chi connectivity index (χ4v) is 0.845. The molecule has 0 aliphatic carbocycles. The minimum atomic E-state index is -0.428. The van der Waals surface area contributed by atoms with E-state index in [1.54, 1.807) is 12.1 Å². The first-order valence-corrected chi connectivity index (χ1v) is 3.45. The van der Waals surface area contributed by atoms with Crippen LogP contribution < -0.4 is 5.73 Å². The molecule has 3 heteroatoms. The second kappa shape index (κ2) is 3.39. The summed E-state index contributed by atoms with van der Waals surface area (Å²) >= 11 is 5.45. The smallest absolute Gasteiger partial charge is 0.142 e. The second-order valence-corrected chi connectivity index (χ2v) is 2.44. The van der Waals surface area contributed by atoms with Crippen molar-refractivity contribution in [3.63, 3.8) is 0 Å². The van der Waals surface area contributed by atoms with Gasteiger partial charge in [-0.15, -0.1) is 0 Å². The third-order valence-corrected chi connectivity index (χ3v) is 1.54. The quantitative estimate of drug-likeness (QED) is 0.690. The van der Waals surface area contributed by atoms with Crippen molar-refractivity contribution in [2.45, 2.75) is 0 Å². The molecule has 0 saturated carbocycles. The van der Waals surface area contributed by atoms with Crippen LogP contribution >= 0.6 is 11.6 Å². The van der Waals surface area contributed by atoms with E-state index in [0.29, 0.717) is 5.56 Å². The summed E-state index contributed by atoms with van der Waals surface area (Å²) in [4.78, 5) is 0. The number of halogens is 2. The molecule has 0 fully saturated rings. The lowest BCUT2D eigenvalue weighted by atomic mass is 10.2. The maximum Gasteiger partial charge on any atom is 0.142 e. The predicted molar refractivity (Wildman–Crippen MR) is 44.6 cm³/mol. The molecule has 1 aromatic rings. The number of hydrogen-bond donors (Lipinski definition) is 1. The summed E-state index contributed by atoms with van der Waals surface area (Å²) in [5.74, 6) is -0.428. The normalized spacial score (nSPS) is 10.7. The summed E-state index contributed by atoms with van der Waals surface area (Å²) < 4.78 is 12.7. The zero-order chi connectivity index (χ0) is 8.27. The van der Waals surface area contributed by atoms with E-state index in [2.05, 4.69) is 0 Å². The molecule has 0 aliphatic rings. The van der Waals surface area contributed by atoms with Gasteiger partial charge in [-0.25, -0.2) is 4.39 Å². The first kappa shape index (κ1) is 8.08. The van der Waals surface area contributed by atoms with Gasteiger partial charge in [0.05, 0.1) is 5.02 Å². The van der Waals surface area contributed by atoms with Gasteiger partial charge in [0.25, 0.3) is 0 Å². The summed E-state index contributed by atoms with van der Waals surface area (Å²) in [5, 5.41) is 0.124. The van der Waals surface area contributed by atoms with Gasteiger partial charge in [-0.3, -0.25) is 0 Å². The molecule has 0 bridgehead atoms. The molecule has 0 saturated heterocycles. The van der Waals surface area contributed by atoms with E-state index in [1.165, 1.54) is 18.3 Å². The highest BCUT2D eigenvalue weighted by Gasteiger charge is 1.97. The average molecular weight is 172 g/mol. The van der Waals surface area contributed by atoms with Crippen LogP contribution in [0.1, 0.15) is 5.56 Å². The van der Waals surface area contributed by atoms with E-state index >= 15 is 0 Å². The first-order valence-electron chi connectivity index (χ1n) is 3.07. The lowest BCUT2D eigenvalue weighted by molar-refractivity contribution is 0.628. The van der Waals surface area contributed by atoms with Gasteiger partial charge < -0.3 is 5.73 Å². The van der Waals surface area contributed by atoms with Gasteiger partial charge in [0.1, 0.15) is 5.82 Å². The van der Waals surface area contributed by atoms with Crippen LogP contribution in [0.3, 0.4) is 0 Å². The largest absolute Gasteiger partial charge is 0.405 e. The maximum atomic E-state index is 12.7. The molecule has 0 amide bonds. The van der Waals surface area contributed by atoms with Crippen molar-refractivity contribution in [3.05, 3.63) is 40.8 Å². The van der Waals surface area contributed by atoms with Crippen molar-refractivity contribution in [1.29, 1.82) is 0 Å². The Balaban J connectivity index is 3.05. The molecule has 0 radical (unpaired) electrons. The van der Waals surface area contributed by atoms with Gasteiger partial charge in [-0.05, 0) is 30.0 Å². The first-order chi connectivity index (χ1) is 5.24. The van der Waals surface area contributed by atoms with Crippen molar-refractivity contribution in [2.24, 2.45) is 5.73 Å². The van der Waals surface area contributed by atoms with Crippen molar-refractivity contribution < 1.29 is 4.39 Å². The number of hydrogen-bond acceptors (Lipinski definition) is 1. The van der Waals surface area contributed by atoms with Crippen LogP contribution in [0.5, 0.6) is 0 Å². The zero-order valence-electron chi connectivity index (χ0n) is 5.72. The van der Waals surface area contributed by atoms with Gasteiger partial charge in [0.2, 0.25) is 0 Å². The number of nitrogens with two attached hydrogens (primary N) is 1. The van der Waals surface area contributed by atoms with Crippen LogP contribution in [0, 0.1) is 5.82 Å². The van der Waals surface area contributed by atoms with Crippen molar-refractivity contribution in [2.75, 3.05) is 0 Å². The fourth-order valence-electron chi connectivity index (χ4n) is 0.727. The van der Waals surface area contributed by atoms with E-state index in [4.69, 9.17) is 17.3 Å². The Kier molecular flexibility index (Phi) is 2.49. The molecule has 0 unspecified atom stereocenters. The molecule has 0 heterocycles. The summed E-state index contributed by atoms with van der Waals surface area (Å²) in [6.45, 7) is 0. The Morgan fingerprint density at radius 1 is 1.45 bits per heavy atom. The van der Waals surface area contributed by atoms with Crippen molar-refractivity contribution in [3.8, 4) is 0 Å². The van der Waals surface area contributed by atoms with Crippen LogP contribution in [0.25, 0.3) is 6.08 Å². The van der Waals surface area contributed by atoms with E-state index in [1.807, 2.05) is 0 Å². The summed E-state index contributed by atoms with van der Waals surface area (Å²) in [6.07, 6.45) is 2.95. The van der Waals surface area contributed by atoms with Crippen LogP contribution in [-0.4, -0.2) is 0 Å². The monoisotopic (exact) mass is 171 g/mol. The lowest BCUT2D eigenvalue weighted by Crippen LogP contribution is -1.80. The molecule has 1 nitrogen and oxygen atoms in total. The van der Waals surface area contributed by atoms with Gasteiger partial charge >= 0.3 is 0 Å². The van der Waals surface area contributed by atoms with E-state index in [9.17, 15) is 4.39 Å². The van der Waals surface area contributed by atoms with E-state index in [0.717, 1.165) is 0 Å². The molecule has 0 spiro atoms. The van der Waals surface area contributed by atoms with Crippen molar-refractivity contribution in [1.82, 2.24) is 0 Å². The standard InChI is InChI=1S/C8H7ClFN/c9-7-2-1-6(3-4-11)5-8(7)10/h1-5H,11H2/b4-3+. The van der Waals surface area contributed by atoms with Crippen LogP contribution in [0.15, 0.2) is 24.4 Å².